The fourth-order valence-corrected chi connectivity index (χ4v) is 2.77. The highest BCUT2D eigenvalue weighted by Gasteiger charge is 2.11. The van der Waals surface area contributed by atoms with E-state index in [1.165, 1.54) is 22.4 Å². The molecule has 2 aromatic carbocycles. The Morgan fingerprint density at radius 2 is 1.83 bits per heavy atom. The molecule has 0 aliphatic rings. The van der Waals surface area contributed by atoms with Gasteiger partial charge in [0.15, 0.2) is 0 Å². The largest absolute Gasteiger partial charge is 0.403 e. The molecule has 0 unspecified atom stereocenters. The summed E-state index contributed by atoms with van der Waals surface area (Å²) in [5, 5.41) is 6.38. The Bertz CT molecular complexity index is 665. The van der Waals surface area contributed by atoms with Gasteiger partial charge in [-0.25, -0.2) is 0 Å². The van der Waals surface area contributed by atoms with Crippen LogP contribution in [0.15, 0.2) is 60.4 Å². The Balaban J connectivity index is 2.29. The first kappa shape index (κ1) is 17.9. The van der Waals surface area contributed by atoms with E-state index in [0.29, 0.717) is 0 Å². The summed E-state index contributed by atoms with van der Waals surface area (Å²) in [6.07, 6.45) is 1.64. The maximum atomic E-state index is 5.71. The third-order valence-corrected chi connectivity index (χ3v) is 4.16. The van der Waals surface area contributed by atoms with Gasteiger partial charge >= 0.3 is 0 Å². The molecule has 0 amide bonds. The third kappa shape index (κ3) is 4.52. The van der Waals surface area contributed by atoms with Gasteiger partial charge in [-0.2, -0.15) is 0 Å². The second-order valence-corrected chi connectivity index (χ2v) is 5.83. The van der Waals surface area contributed by atoms with E-state index in [2.05, 4.69) is 64.9 Å². The molecular formula is C20H28N4. The molecule has 2 aromatic rings. The first-order chi connectivity index (χ1) is 11.7. The number of anilines is 1. The number of hydrogen-bond acceptors (Lipinski definition) is 4. The molecular weight excluding hydrogens is 296 g/mol. The van der Waals surface area contributed by atoms with Crippen molar-refractivity contribution in [1.29, 1.82) is 0 Å². The lowest BCUT2D eigenvalue weighted by atomic mass is 10.0. The zero-order chi connectivity index (χ0) is 17.4. The quantitative estimate of drug-likeness (QED) is 0.699. The minimum Gasteiger partial charge on any atom is -0.403 e. The van der Waals surface area contributed by atoms with Crippen molar-refractivity contribution >= 4 is 5.69 Å². The second-order valence-electron chi connectivity index (χ2n) is 5.83. The maximum Gasteiger partial charge on any atom is 0.0591 e. The van der Waals surface area contributed by atoms with Crippen molar-refractivity contribution in [3.05, 3.63) is 66.0 Å². The van der Waals surface area contributed by atoms with E-state index in [0.717, 1.165) is 25.3 Å². The summed E-state index contributed by atoms with van der Waals surface area (Å²) in [6, 6.07) is 17.1. The zero-order valence-corrected chi connectivity index (χ0v) is 14.8. The number of nitrogens with zero attached hydrogens (tertiary/aromatic N) is 1. The monoisotopic (exact) mass is 324 g/mol. The van der Waals surface area contributed by atoms with Crippen LogP contribution in [-0.2, 0) is 0 Å². The first-order valence-corrected chi connectivity index (χ1v) is 8.33. The summed E-state index contributed by atoms with van der Waals surface area (Å²) in [5.74, 6) is 0. The van der Waals surface area contributed by atoms with Gasteiger partial charge < -0.3 is 21.3 Å². The third-order valence-electron chi connectivity index (χ3n) is 4.16. The van der Waals surface area contributed by atoms with Crippen molar-refractivity contribution in [3.63, 3.8) is 0 Å². The summed E-state index contributed by atoms with van der Waals surface area (Å²) >= 11 is 0. The number of benzene rings is 2. The predicted molar refractivity (Wildman–Crippen MR) is 104 cm³/mol. The maximum absolute atomic E-state index is 5.71. The lowest BCUT2D eigenvalue weighted by Crippen LogP contribution is -2.35. The lowest BCUT2D eigenvalue weighted by Gasteiger charge is -2.28. The molecule has 0 saturated carbocycles. The van der Waals surface area contributed by atoms with E-state index >= 15 is 0 Å². The number of nitrogens with one attached hydrogen (secondary N) is 2. The Kier molecular flexibility index (Phi) is 6.70. The topological polar surface area (TPSA) is 53.3 Å². The Morgan fingerprint density at radius 3 is 2.42 bits per heavy atom. The highest BCUT2D eigenvalue weighted by Crippen LogP contribution is 2.27. The molecule has 0 aliphatic carbocycles. The van der Waals surface area contributed by atoms with Crippen LogP contribution < -0.4 is 21.3 Å². The molecule has 4 N–H and O–H groups in total. The molecule has 0 aliphatic heterocycles. The van der Waals surface area contributed by atoms with Crippen LogP contribution in [-0.4, -0.2) is 33.7 Å². The van der Waals surface area contributed by atoms with Crippen molar-refractivity contribution in [3.8, 4) is 11.1 Å². The second kappa shape index (κ2) is 8.99. The summed E-state index contributed by atoms with van der Waals surface area (Å²) in [5.41, 5.74) is 11.7. The lowest BCUT2D eigenvalue weighted by molar-refractivity contribution is 0.726. The first-order valence-electron chi connectivity index (χ1n) is 8.33. The molecule has 0 aromatic heterocycles. The molecule has 0 saturated heterocycles. The van der Waals surface area contributed by atoms with Gasteiger partial charge in [-0.1, -0.05) is 36.4 Å². The van der Waals surface area contributed by atoms with Gasteiger partial charge in [-0.05, 0) is 42.8 Å². The van der Waals surface area contributed by atoms with Crippen LogP contribution in [0.3, 0.4) is 0 Å². The normalized spacial score (nSPS) is 11.4. The smallest absolute Gasteiger partial charge is 0.0591 e. The van der Waals surface area contributed by atoms with E-state index in [1.54, 1.807) is 6.20 Å². The SMILES string of the molecule is CNCCN(C/C(=C/N)NC)c1ccc(-c2ccccc2)cc1C. The number of hydrogen-bond donors (Lipinski definition) is 3. The molecule has 0 spiro atoms. The minimum absolute atomic E-state index is 0.764. The van der Waals surface area contributed by atoms with E-state index in [1.807, 2.05) is 20.2 Å². The summed E-state index contributed by atoms with van der Waals surface area (Å²) in [6.45, 7) is 4.77. The van der Waals surface area contributed by atoms with Crippen LogP contribution in [0.4, 0.5) is 5.69 Å². The van der Waals surface area contributed by atoms with E-state index < -0.39 is 0 Å². The van der Waals surface area contributed by atoms with E-state index in [4.69, 9.17) is 5.73 Å². The fraction of sp³-hybridized carbons (Fsp3) is 0.300. The molecule has 0 atom stereocenters. The predicted octanol–water partition coefficient (Wildman–Crippen LogP) is 2.71. The van der Waals surface area contributed by atoms with Crippen molar-refractivity contribution in [2.24, 2.45) is 5.73 Å². The van der Waals surface area contributed by atoms with Gasteiger partial charge in [-0.15, -0.1) is 0 Å². The Labute approximate surface area is 145 Å². The van der Waals surface area contributed by atoms with Gasteiger partial charge in [0.05, 0.1) is 6.54 Å². The molecule has 24 heavy (non-hydrogen) atoms. The van der Waals surface area contributed by atoms with Gasteiger partial charge in [0.1, 0.15) is 0 Å². The van der Waals surface area contributed by atoms with Gasteiger partial charge in [0, 0.05) is 37.7 Å². The van der Waals surface area contributed by atoms with Crippen molar-refractivity contribution < 1.29 is 0 Å². The van der Waals surface area contributed by atoms with Crippen molar-refractivity contribution in [1.82, 2.24) is 10.6 Å². The number of aryl methyl sites for hydroxylation is 1. The average molecular weight is 324 g/mol. The van der Waals surface area contributed by atoms with E-state index in [9.17, 15) is 0 Å². The molecule has 2 rings (SSSR count). The van der Waals surface area contributed by atoms with Crippen LogP contribution in [0, 0.1) is 6.92 Å². The minimum atomic E-state index is 0.764. The van der Waals surface area contributed by atoms with Crippen molar-refractivity contribution in [2.75, 3.05) is 38.6 Å². The molecule has 128 valence electrons. The zero-order valence-electron chi connectivity index (χ0n) is 14.8. The highest BCUT2D eigenvalue weighted by atomic mass is 15.2. The summed E-state index contributed by atoms with van der Waals surface area (Å²) in [7, 11) is 3.88. The van der Waals surface area contributed by atoms with Crippen LogP contribution in [0.25, 0.3) is 11.1 Å². The molecule has 4 heteroatoms. The Morgan fingerprint density at radius 1 is 1.08 bits per heavy atom. The standard InChI is InChI=1S/C20H28N4/c1-16-13-18(17-7-5-4-6-8-17)9-10-20(16)24(12-11-22-2)15-19(14-21)23-3/h4-10,13-14,22-23H,11-12,15,21H2,1-3H3/b19-14-. The van der Waals surface area contributed by atoms with Crippen LogP contribution in [0.1, 0.15) is 5.56 Å². The molecule has 0 heterocycles. The highest BCUT2D eigenvalue weighted by molar-refractivity contribution is 5.69. The molecule has 0 bridgehead atoms. The van der Waals surface area contributed by atoms with Crippen LogP contribution in [0.5, 0.6) is 0 Å². The molecule has 0 radical (unpaired) electrons. The molecule has 0 fully saturated rings. The number of likely N-dealkylation sites (N-methyl/N-ethyl adjacent to an activating group) is 2. The van der Waals surface area contributed by atoms with E-state index in [-0.39, 0.29) is 0 Å². The van der Waals surface area contributed by atoms with Gasteiger partial charge in [0.25, 0.3) is 0 Å². The van der Waals surface area contributed by atoms with Crippen molar-refractivity contribution in [2.45, 2.75) is 6.92 Å². The number of nitrogens with two attached hydrogens (primary N) is 1. The van der Waals surface area contributed by atoms with Gasteiger partial charge in [-0.3, -0.25) is 0 Å². The van der Waals surface area contributed by atoms with Crippen LogP contribution in [0.2, 0.25) is 0 Å². The average Bonchev–Trinajstić information content (AvgIpc) is 2.63. The molecule has 4 nitrogen and oxygen atoms in total. The summed E-state index contributed by atoms with van der Waals surface area (Å²) < 4.78 is 0. The Hall–Kier alpha value is -2.46. The van der Waals surface area contributed by atoms with Gasteiger partial charge in [0.2, 0.25) is 0 Å². The van der Waals surface area contributed by atoms with Crippen LogP contribution >= 0.6 is 0 Å². The number of rotatable bonds is 8. The fourth-order valence-electron chi connectivity index (χ4n) is 2.77. The summed E-state index contributed by atoms with van der Waals surface area (Å²) in [4.78, 5) is 2.34.